The van der Waals surface area contributed by atoms with Gasteiger partial charge in [0.15, 0.2) is 0 Å². The highest BCUT2D eigenvalue weighted by atomic mass is 16.5. The molecule has 7 N–H and O–H groups in total. The van der Waals surface area contributed by atoms with Crippen molar-refractivity contribution in [3.8, 4) is 0 Å². The van der Waals surface area contributed by atoms with Crippen molar-refractivity contribution in [2.24, 2.45) is 5.92 Å². The Bertz CT molecular complexity index is 1320. The Morgan fingerprint density at radius 2 is 1.18 bits per heavy atom. The third kappa shape index (κ3) is 13.4. The van der Waals surface area contributed by atoms with Crippen molar-refractivity contribution < 1.29 is 38.3 Å². The predicted molar refractivity (Wildman–Crippen MR) is 180 cm³/mol. The first kappa shape index (κ1) is 40.4. The van der Waals surface area contributed by atoms with E-state index in [2.05, 4.69) is 37.3 Å². The van der Waals surface area contributed by atoms with E-state index in [4.69, 9.17) is 4.74 Å². The molecule has 16 nitrogen and oxygen atoms in total. The first-order chi connectivity index (χ1) is 23.0. The molecule has 0 saturated carbocycles. The Morgan fingerprint density at radius 3 is 1.73 bits per heavy atom. The van der Waals surface area contributed by atoms with Gasteiger partial charge in [0.05, 0.1) is 0 Å². The molecule has 49 heavy (non-hydrogen) atoms. The molecule has 1 aromatic carbocycles. The molecule has 2 rings (SSSR count). The van der Waals surface area contributed by atoms with Crippen LogP contribution in [0, 0.1) is 5.92 Å². The van der Waals surface area contributed by atoms with Crippen LogP contribution in [0.4, 0.5) is 4.79 Å². The number of hydrogen-bond donors (Lipinski definition) is 7. The minimum Gasteiger partial charge on any atom is -0.445 e. The summed E-state index contributed by atoms with van der Waals surface area (Å²) in [6, 6.07) is 3.34. The minimum absolute atomic E-state index is 0.0303. The van der Waals surface area contributed by atoms with Gasteiger partial charge in [-0.15, -0.1) is 0 Å². The number of carbonyl (C=O) groups is 7. The Hall–Kier alpha value is -4.73. The van der Waals surface area contributed by atoms with Gasteiger partial charge in [-0.05, 0) is 65.9 Å². The number of rotatable bonds is 16. The van der Waals surface area contributed by atoms with Gasteiger partial charge in [-0.25, -0.2) is 9.80 Å². The summed E-state index contributed by atoms with van der Waals surface area (Å²) in [6.45, 7) is 13.4. The molecule has 0 radical (unpaired) electrons. The summed E-state index contributed by atoms with van der Waals surface area (Å²) in [5.41, 5.74) is 3.46. The maximum absolute atomic E-state index is 13.3. The topological polar surface area (TPSA) is 216 Å². The summed E-state index contributed by atoms with van der Waals surface area (Å²) in [5, 5.41) is 17.0. The van der Waals surface area contributed by atoms with Crippen molar-refractivity contribution in [3.63, 3.8) is 0 Å². The molecule has 1 aromatic rings. The van der Waals surface area contributed by atoms with Crippen molar-refractivity contribution in [2.75, 3.05) is 6.54 Å². The van der Waals surface area contributed by atoms with Crippen molar-refractivity contribution in [3.05, 3.63) is 35.9 Å². The monoisotopic (exact) mass is 688 g/mol. The van der Waals surface area contributed by atoms with Gasteiger partial charge in [0, 0.05) is 12.6 Å². The van der Waals surface area contributed by atoms with Crippen LogP contribution in [0.1, 0.15) is 73.8 Å². The molecule has 0 unspecified atom stereocenters. The normalized spacial score (nSPS) is 17.5. The van der Waals surface area contributed by atoms with Crippen LogP contribution in [0.15, 0.2) is 30.3 Å². The summed E-state index contributed by atoms with van der Waals surface area (Å²) in [6.07, 6.45) is 0.200. The van der Waals surface area contributed by atoms with Crippen LogP contribution in [0.3, 0.4) is 0 Å². The zero-order chi connectivity index (χ0) is 36.8. The maximum Gasteiger partial charge on any atom is 0.408 e. The average Bonchev–Trinajstić information content (AvgIpc) is 3.50. The summed E-state index contributed by atoms with van der Waals surface area (Å²) in [7, 11) is 0. The fourth-order valence-corrected chi connectivity index (χ4v) is 4.79. The highest BCUT2D eigenvalue weighted by Gasteiger charge is 2.36. The largest absolute Gasteiger partial charge is 0.445 e. The smallest absolute Gasteiger partial charge is 0.408 e. The molecule has 1 aliphatic rings. The number of carbonyl (C=O) groups excluding carboxylic acids is 7. The van der Waals surface area contributed by atoms with E-state index in [1.54, 1.807) is 39.8 Å². The van der Waals surface area contributed by atoms with Crippen molar-refractivity contribution in [1.82, 2.24) is 42.3 Å². The molecule has 0 bridgehead atoms. The molecule has 1 saturated heterocycles. The molecular formula is C33H52N8O8. The van der Waals surface area contributed by atoms with Crippen LogP contribution in [-0.4, -0.2) is 95.4 Å². The predicted octanol–water partition coefficient (Wildman–Crippen LogP) is -0.0236. The van der Waals surface area contributed by atoms with Gasteiger partial charge in [0.1, 0.15) is 42.9 Å². The van der Waals surface area contributed by atoms with Crippen LogP contribution in [-0.2, 0) is 40.1 Å². The Morgan fingerprint density at radius 1 is 0.673 bits per heavy atom. The first-order valence-electron chi connectivity index (χ1n) is 16.6. The van der Waals surface area contributed by atoms with E-state index in [0.29, 0.717) is 19.4 Å². The number of amides is 7. The van der Waals surface area contributed by atoms with Crippen LogP contribution in [0.2, 0.25) is 0 Å². The number of ether oxygens (including phenoxy) is 1. The van der Waals surface area contributed by atoms with Gasteiger partial charge in [-0.3, -0.25) is 34.2 Å². The zero-order valence-corrected chi connectivity index (χ0v) is 29.5. The second-order valence-electron chi connectivity index (χ2n) is 12.8. The summed E-state index contributed by atoms with van der Waals surface area (Å²) in [4.78, 5) is 89.0. The number of hydrazine groups is 1. The van der Waals surface area contributed by atoms with Gasteiger partial charge < -0.3 is 36.6 Å². The van der Waals surface area contributed by atoms with Crippen molar-refractivity contribution >= 4 is 41.5 Å². The SMILES string of the molecule is CC(C)NC(=O)[C@H](C)NC(=O)[C@H](C)NC(=O)[C@@H](NC(=O)[C@H]1CCCN1NC(=O)[C@H](C)NC(=O)[C@H](C)NC(=O)OCc1ccccc1)C(C)C. The second kappa shape index (κ2) is 19.3. The highest BCUT2D eigenvalue weighted by molar-refractivity contribution is 5.95. The zero-order valence-electron chi connectivity index (χ0n) is 29.5. The fraction of sp³-hybridized carbons (Fsp3) is 0.606. The van der Waals surface area contributed by atoms with Crippen LogP contribution < -0.4 is 37.3 Å². The Balaban J connectivity index is 1.88. The number of nitrogens with one attached hydrogen (secondary N) is 7. The first-order valence-corrected chi connectivity index (χ1v) is 16.6. The lowest BCUT2D eigenvalue weighted by molar-refractivity contribution is -0.137. The van der Waals surface area contributed by atoms with Crippen molar-refractivity contribution in [2.45, 2.75) is 117 Å². The van der Waals surface area contributed by atoms with E-state index in [9.17, 15) is 33.6 Å². The number of alkyl carbamates (subject to hydrolysis) is 1. The molecular weight excluding hydrogens is 636 g/mol. The Kier molecular flexibility index (Phi) is 15.9. The van der Waals surface area contributed by atoms with E-state index < -0.39 is 71.9 Å². The minimum atomic E-state index is -1.01. The third-order valence-electron chi connectivity index (χ3n) is 7.68. The van der Waals surface area contributed by atoms with Gasteiger partial charge in [-0.2, -0.15) is 0 Å². The molecule has 1 fully saturated rings. The third-order valence-corrected chi connectivity index (χ3v) is 7.68. The molecule has 16 heteroatoms. The maximum atomic E-state index is 13.3. The summed E-state index contributed by atoms with van der Waals surface area (Å²) >= 11 is 0. The van der Waals surface area contributed by atoms with Crippen LogP contribution in [0.25, 0.3) is 0 Å². The standard InChI is InChI=1S/C33H52N8O8/c1-18(2)26(32(47)37-21(6)28(43)35-20(5)27(42)34-19(3)4)39-31(46)25-15-12-16-41(25)40-30(45)23(8)36-29(44)22(7)38-33(48)49-17-24-13-10-9-11-14-24/h9-11,13-14,18-23,25-26H,12,15-17H2,1-8H3,(H,34,42)(H,35,43)(H,36,44)(H,37,47)(H,38,48)(H,39,46)(H,40,45)/t20-,21-,22-,23-,25+,26-/m0/s1. The van der Waals surface area contributed by atoms with E-state index in [1.165, 1.54) is 32.7 Å². The lowest BCUT2D eigenvalue weighted by Gasteiger charge is -2.29. The second-order valence-corrected chi connectivity index (χ2v) is 12.8. The quantitative estimate of drug-likeness (QED) is 0.124. The van der Waals surface area contributed by atoms with Crippen LogP contribution in [0.5, 0.6) is 0 Å². The molecule has 272 valence electrons. The van der Waals surface area contributed by atoms with Crippen molar-refractivity contribution in [1.29, 1.82) is 0 Å². The lowest BCUT2D eigenvalue weighted by Crippen LogP contribution is -2.60. The summed E-state index contributed by atoms with van der Waals surface area (Å²) < 4.78 is 5.13. The molecule has 6 atom stereocenters. The number of hydrogen-bond acceptors (Lipinski definition) is 9. The van der Waals surface area contributed by atoms with Gasteiger partial charge >= 0.3 is 6.09 Å². The van der Waals surface area contributed by atoms with Gasteiger partial charge in [-0.1, -0.05) is 44.2 Å². The molecule has 1 aliphatic heterocycles. The molecule has 1 heterocycles. The highest BCUT2D eigenvalue weighted by Crippen LogP contribution is 2.16. The number of nitrogens with zero attached hydrogens (tertiary/aromatic N) is 1. The van der Waals surface area contributed by atoms with Gasteiger partial charge in [0.2, 0.25) is 29.5 Å². The van der Waals surface area contributed by atoms with E-state index in [1.807, 2.05) is 18.2 Å². The fourth-order valence-electron chi connectivity index (χ4n) is 4.79. The van der Waals surface area contributed by atoms with E-state index >= 15 is 0 Å². The van der Waals surface area contributed by atoms with Crippen LogP contribution >= 0.6 is 0 Å². The molecule has 7 amide bonds. The molecule has 0 aliphatic carbocycles. The molecule has 0 aromatic heterocycles. The lowest BCUT2D eigenvalue weighted by atomic mass is 10.0. The van der Waals surface area contributed by atoms with Gasteiger partial charge in [0.25, 0.3) is 5.91 Å². The molecule has 0 spiro atoms. The number of benzene rings is 1. The van der Waals surface area contributed by atoms with E-state index in [-0.39, 0.29) is 24.5 Å². The van der Waals surface area contributed by atoms with E-state index in [0.717, 1.165) is 5.56 Å². The average molecular weight is 689 g/mol. The summed E-state index contributed by atoms with van der Waals surface area (Å²) in [5.74, 6) is -3.54. The Labute approximate surface area is 287 Å².